The fourth-order valence-corrected chi connectivity index (χ4v) is 1.97. The molecule has 16 heavy (non-hydrogen) atoms. The Hall–Kier alpha value is -1.58. The Labute approximate surface area is 95.3 Å². The molecule has 0 saturated carbocycles. The zero-order chi connectivity index (χ0) is 11.5. The lowest BCUT2D eigenvalue weighted by atomic mass is 10.2. The monoisotopic (exact) mass is 219 g/mol. The van der Waals surface area contributed by atoms with Crippen molar-refractivity contribution >= 4 is 5.78 Å². The Morgan fingerprint density at radius 1 is 1.50 bits per heavy atom. The molecule has 0 saturated heterocycles. The van der Waals surface area contributed by atoms with Crippen molar-refractivity contribution in [3.05, 3.63) is 29.2 Å². The maximum atomic E-state index is 11.1. The van der Waals surface area contributed by atoms with Crippen LogP contribution in [0.15, 0.2) is 18.0 Å². The second-order valence-electron chi connectivity index (χ2n) is 4.12. The molecule has 0 aromatic carbocycles. The van der Waals surface area contributed by atoms with Crippen LogP contribution < -0.4 is 5.32 Å². The summed E-state index contributed by atoms with van der Waals surface area (Å²) in [6, 6.07) is 0. The smallest absolute Gasteiger partial charge is 0.157 e. The summed E-state index contributed by atoms with van der Waals surface area (Å²) in [6.45, 7) is 2.86. The first-order valence-electron chi connectivity index (χ1n) is 5.67. The molecule has 86 valence electrons. The van der Waals surface area contributed by atoms with Crippen LogP contribution in [0.1, 0.15) is 31.0 Å². The highest BCUT2D eigenvalue weighted by molar-refractivity contribution is 5.92. The highest BCUT2D eigenvalue weighted by Gasteiger charge is 2.12. The summed E-state index contributed by atoms with van der Waals surface area (Å²) in [5.74, 6) is 0.226. The standard InChI is InChI=1S/C12H17N3O/c1-3-12-9(8-15(2)14-12)7-13-10-4-5-11(16)6-10/h6,8,13H,3-5,7H2,1-2H3. The van der Waals surface area contributed by atoms with E-state index in [4.69, 9.17) is 0 Å². The van der Waals surface area contributed by atoms with Crippen molar-refractivity contribution < 1.29 is 4.79 Å². The minimum Gasteiger partial charge on any atom is -0.384 e. The van der Waals surface area contributed by atoms with Gasteiger partial charge in [-0.1, -0.05) is 6.92 Å². The van der Waals surface area contributed by atoms with Gasteiger partial charge < -0.3 is 5.32 Å². The van der Waals surface area contributed by atoms with Gasteiger partial charge in [0.25, 0.3) is 0 Å². The van der Waals surface area contributed by atoms with Crippen LogP contribution in [0.4, 0.5) is 0 Å². The van der Waals surface area contributed by atoms with Gasteiger partial charge in [-0.15, -0.1) is 0 Å². The predicted octanol–water partition coefficient (Wildman–Crippen LogP) is 1.32. The van der Waals surface area contributed by atoms with Crippen molar-refractivity contribution in [2.75, 3.05) is 0 Å². The predicted molar refractivity (Wildman–Crippen MR) is 61.7 cm³/mol. The van der Waals surface area contributed by atoms with E-state index in [0.29, 0.717) is 6.42 Å². The Morgan fingerprint density at radius 2 is 2.31 bits per heavy atom. The van der Waals surface area contributed by atoms with Crippen LogP contribution in [0, 0.1) is 0 Å². The number of carbonyl (C=O) groups is 1. The molecule has 0 fully saturated rings. The van der Waals surface area contributed by atoms with Gasteiger partial charge in [-0.2, -0.15) is 5.10 Å². The van der Waals surface area contributed by atoms with Crippen LogP contribution in [0.25, 0.3) is 0 Å². The third-order valence-corrected chi connectivity index (χ3v) is 2.81. The molecule has 1 aliphatic carbocycles. The average Bonchev–Trinajstić information content (AvgIpc) is 2.81. The Bertz CT molecular complexity index is 431. The summed E-state index contributed by atoms with van der Waals surface area (Å²) >= 11 is 0. The minimum atomic E-state index is 0.226. The van der Waals surface area contributed by atoms with E-state index in [0.717, 1.165) is 30.8 Å². The summed E-state index contributed by atoms with van der Waals surface area (Å²) in [4.78, 5) is 11.1. The molecule has 0 unspecified atom stereocenters. The van der Waals surface area contributed by atoms with Crippen molar-refractivity contribution in [3.8, 4) is 0 Å². The second kappa shape index (κ2) is 4.51. The van der Waals surface area contributed by atoms with Crippen molar-refractivity contribution in [1.29, 1.82) is 0 Å². The fourth-order valence-electron chi connectivity index (χ4n) is 1.97. The Balaban J connectivity index is 1.99. The molecule has 1 aromatic heterocycles. The third-order valence-electron chi connectivity index (χ3n) is 2.81. The molecule has 0 amide bonds. The van der Waals surface area contributed by atoms with Crippen LogP contribution in [-0.2, 0) is 24.8 Å². The van der Waals surface area contributed by atoms with Gasteiger partial charge in [0.05, 0.1) is 5.69 Å². The normalized spacial score (nSPS) is 15.4. The van der Waals surface area contributed by atoms with Crippen molar-refractivity contribution in [2.24, 2.45) is 7.05 Å². The van der Waals surface area contributed by atoms with Crippen molar-refractivity contribution in [2.45, 2.75) is 32.7 Å². The Kier molecular flexibility index (Phi) is 3.08. The van der Waals surface area contributed by atoms with Gasteiger partial charge in [-0.25, -0.2) is 0 Å². The van der Waals surface area contributed by atoms with Gasteiger partial charge >= 0.3 is 0 Å². The molecule has 4 heteroatoms. The van der Waals surface area contributed by atoms with E-state index < -0.39 is 0 Å². The number of ketones is 1. The molecule has 4 nitrogen and oxygen atoms in total. The molecule has 0 atom stereocenters. The summed E-state index contributed by atoms with van der Waals surface area (Å²) in [7, 11) is 1.93. The molecule has 0 aliphatic heterocycles. The molecule has 1 aromatic rings. The zero-order valence-electron chi connectivity index (χ0n) is 9.79. The molecular formula is C12H17N3O. The molecular weight excluding hydrogens is 202 g/mol. The lowest BCUT2D eigenvalue weighted by Crippen LogP contribution is -2.11. The zero-order valence-corrected chi connectivity index (χ0v) is 9.79. The van der Waals surface area contributed by atoms with Gasteiger partial charge in [-0.05, 0) is 12.8 Å². The summed E-state index contributed by atoms with van der Waals surface area (Å²) in [5.41, 5.74) is 3.39. The number of carbonyl (C=O) groups excluding carboxylic acids is 1. The van der Waals surface area contributed by atoms with Crippen molar-refractivity contribution in [3.63, 3.8) is 0 Å². The van der Waals surface area contributed by atoms with Gasteiger partial charge in [0, 0.05) is 43.5 Å². The average molecular weight is 219 g/mol. The van der Waals surface area contributed by atoms with E-state index in [-0.39, 0.29) is 5.78 Å². The van der Waals surface area contributed by atoms with E-state index in [1.807, 2.05) is 17.9 Å². The topological polar surface area (TPSA) is 46.9 Å². The maximum Gasteiger partial charge on any atom is 0.157 e. The Morgan fingerprint density at radius 3 is 2.94 bits per heavy atom. The first-order chi connectivity index (χ1) is 7.69. The van der Waals surface area contributed by atoms with Crippen LogP contribution in [-0.4, -0.2) is 15.6 Å². The van der Waals surface area contributed by atoms with Crippen LogP contribution in [0.2, 0.25) is 0 Å². The number of aryl methyl sites for hydroxylation is 2. The number of nitrogens with zero attached hydrogens (tertiary/aromatic N) is 2. The number of nitrogens with one attached hydrogen (secondary N) is 1. The second-order valence-corrected chi connectivity index (χ2v) is 4.12. The van der Waals surface area contributed by atoms with Crippen LogP contribution in [0.5, 0.6) is 0 Å². The molecule has 0 radical (unpaired) electrons. The van der Waals surface area contributed by atoms with Crippen molar-refractivity contribution in [1.82, 2.24) is 15.1 Å². The highest BCUT2D eigenvalue weighted by Crippen LogP contribution is 2.14. The van der Waals surface area contributed by atoms with Gasteiger partial charge in [0.2, 0.25) is 0 Å². The molecule has 0 spiro atoms. The minimum absolute atomic E-state index is 0.226. The lowest BCUT2D eigenvalue weighted by Gasteiger charge is -2.05. The molecule has 1 aliphatic rings. The maximum absolute atomic E-state index is 11.1. The quantitative estimate of drug-likeness (QED) is 0.830. The fraction of sp³-hybridized carbons (Fsp3) is 0.500. The molecule has 1 heterocycles. The van der Waals surface area contributed by atoms with Crippen LogP contribution >= 0.6 is 0 Å². The first-order valence-corrected chi connectivity index (χ1v) is 5.67. The molecule has 0 bridgehead atoms. The molecule has 1 N–H and O–H groups in total. The van der Waals surface area contributed by atoms with E-state index in [9.17, 15) is 4.79 Å². The van der Waals surface area contributed by atoms with E-state index in [1.54, 1.807) is 6.08 Å². The molecule has 2 rings (SSSR count). The summed E-state index contributed by atoms with van der Waals surface area (Å²) in [5, 5.41) is 7.68. The van der Waals surface area contributed by atoms with Gasteiger partial charge in [0.1, 0.15) is 0 Å². The van der Waals surface area contributed by atoms with E-state index >= 15 is 0 Å². The van der Waals surface area contributed by atoms with E-state index in [1.165, 1.54) is 5.56 Å². The number of hydrogen-bond acceptors (Lipinski definition) is 3. The van der Waals surface area contributed by atoms with Crippen LogP contribution in [0.3, 0.4) is 0 Å². The number of rotatable bonds is 4. The number of hydrogen-bond donors (Lipinski definition) is 1. The summed E-state index contributed by atoms with van der Waals surface area (Å²) < 4.78 is 1.84. The van der Waals surface area contributed by atoms with Gasteiger partial charge in [0.15, 0.2) is 5.78 Å². The first kappa shape index (κ1) is 10.9. The third kappa shape index (κ3) is 2.32. The SMILES string of the molecule is CCc1nn(C)cc1CNC1=CC(=O)CC1. The highest BCUT2D eigenvalue weighted by atomic mass is 16.1. The van der Waals surface area contributed by atoms with E-state index in [2.05, 4.69) is 17.3 Å². The number of allylic oxidation sites excluding steroid dienone is 2. The number of aromatic nitrogens is 2. The summed E-state index contributed by atoms with van der Waals surface area (Å²) in [6.07, 6.45) is 6.18. The largest absolute Gasteiger partial charge is 0.384 e. The lowest BCUT2D eigenvalue weighted by molar-refractivity contribution is -0.114. The van der Waals surface area contributed by atoms with Gasteiger partial charge in [-0.3, -0.25) is 9.48 Å².